The minimum Gasteiger partial charge on any atom is -0.465 e. The van der Waals surface area contributed by atoms with E-state index in [9.17, 15) is 13.6 Å². The maximum absolute atomic E-state index is 12.8. The molecule has 88 valence electrons. The molecule has 0 spiro atoms. The van der Waals surface area contributed by atoms with Crippen molar-refractivity contribution in [1.29, 1.82) is 0 Å². The molecule has 0 atom stereocenters. The van der Waals surface area contributed by atoms with Crippen molar-refractivity contribution in [1.82, 2.24) is 4.98 Å². The lowest BCUT2D eigenvalue weighted by molar-refractivity contribution is 0.0588. The molecule has 0 radical (unpaired) electrons. The highest BCUT2D eigenvalue weighted by molar-refractivity contribution is 14.1. The number of alkyl halides is 3. The van der Waals surface area contributed by atoms with Gasteiger partial charge in [-0.15, -0.1) is 11.6 Å². The molecule has 1 aromatic heterocycles. The first-order chi connectivity index (χ1) is 7.51. The Bertz CT molecular complexity index is 415. The second kappa shape index (κ2) is 5.72. The number of hydrogen-bond donors (Lipinski definition) is 0. The van der Waals surface area contributed by atoms with Gasteiger partial charge in [0.2, 0.25) is 0 Å². The van der Waals surface area contributed by atoms with Gasteiger partial charge in [-0.3, -0.25) is 0 Å². The van der Waals surface area contributed by atoms with Gasteiger partial charge in [0.25, 0.3) is 6.43 Å². The molecule has 16 heavy (non-hydrogen) atoms. The molecule has 0 N–H and O–H groups in total. The zero-order chi connectivity index (χ0) is 12.3. The second-order valence-corrected chi connectivity index (χ2v) is 4.15. The fourth-order valence-electron chi connectivity index (χ4n) is 1.20. The van der Waals surface area contributed by atoms with Crippen molar-refractivity contribution < 1.29 is 18.3 Å². The van der Waals surface area contributed by atoms with Crippen LogP contribution in [0, 0.1) is 3.70 Å². The normalized spacial score (nSPS) is 10.6. The van der Waals surface area contributed by atoms with Crippen molar-refractivity contribution in [3.8, 4) is 0 Å². The average molecular weight is 362 g/mol. The average Bonchev–Trinajstić information content (AvgIpc) is 2.26. The molecule has 0 saturated heterocycles. The molecule has 0 bridgehead atoms. The van der Waals surface area contributed by atoms with Crippen LogP contribution in [-0.2, 0) is 10.6 Å². The Hall–Kier alpha value is -0.500. The number of carbonyl (C=O) groups is 1. The predicted octanol–water partition coefficient (Wildman–Crippen LogP) is 3.15. The fourth-order valence-corrected chi connectivity index (χ4v) is 2.00. The SMILES string of the molecule is COC(=O)c1cc(I)nc(CCl)c1C(F)F. The molecule has 0 unspecified atom stereocenters. The zero-order valence-electron chi connectivity index (χ0n) is 8.14. The van der Waals surface area contributed by atoms with Crippen LogP contribution in [0.3, 0.4) is 0 Å². The third kappa shape index (κ3) is 2.79. The lowest BCUT2D eigenvalue weighted by Gasteiger charge is -2.11. The summed E-state index contributed by atoms with van der Waals surface area (Å²) in [6.07, 6.45) is -2.81. The summed E-state index contributed by atoms with van der Waals surface area (Å²) in [5.74, 6) is -0.998. The van der Waals surface area contributed by atoms with Gasteiger partial charge >= 0.3 is 5.97 Å². The second-order valence-electron chi connectivity index (χ2n) is 2.78. The minimum absolute atomic E-state index is 0.00367. The third-order valence-corrected chi connectivity index (χ3v) is 2.66. The standard InChI is InChI=1S/C9H7ClF2INO2/c1-16-9(15)4-2-6(13)14-5(3-10)7(4)8(11)12/h2,8H,3H2,1H3. The Morgan fingerprint density at radius 3 is 2.75 bits per heavy atom. The third-order valence-electron chi connectivity index (χ3n) is 1.86. The first-order valence-electron chi connectivity index (χ1n) is 4.13. The number of rotatable bonds is 3. The summed E-state index contributed by atoms with van der Waals surface area (Å²) in [6, 6.07) is 1.25. The van der Waals surface area contributed by atoms with E-state index in [1.165, 1.54) is 6.07 Å². The van der Waals surface area contributed by atoms with Gasteiger partial charge in [0.05, 0.1) is 29.8 Å². The summed E-state index contributed by atoms with van der Waals surface area (Å²) in [7, 11) is 1.13. The van der Waals surface area contributed by atoms with E-state index in [-0.39, 0.29) is 17.1 Å². The fraction of sp³-hybridized carbons (Fsp3) is 0.333. The quantitative estimate of drug-likeness (QED) is 0.359. The van der Waals surface area contributed by atoms with Crippen molar-refractivity contribution in [3.05, 3.63) is 26.6 Å². The molecule has 0 aliphatic rings. The molecule has 0 fully saturated rings. The topological polar surface area (TPSA) is 39.2 Å². The van der Waals surface area contributed by atoms with E-state index in [1.54, 1.807) is 0 Å². The van der Waals surface area contributed by atoms with Gasteiger partial charge in [-0.2, -0.15) is 0 Å². The van der Waals surface area contributed by atoms with E-state index in [0.29, 0.717) is 3.70 Å². The van der Waals surface area contributed by atoms with E-state index >= 15 is 0 Å². The number of pyridine rings is 1. The molecule has 0 aliphatic carbocycles. The Labute approximate surface area is 109 Å². The van der Waals surface area contributed by atoms with Gasteiger partial charge in [-0.1, -0.05) is 0 Å². The van der Waals surface area contributed by atoms with Gasteiger partial charge in [-0.25, -0.2) is 18.6 Å². The Kier molecular flexibility index (Phi) is 4.85. The number of halogens is 4. The largest absolute Gasteiger partial charge is 0.465 e. The van der Waals surface area contributed by atoms with Crippen LogP contribution in [0.25, 0.3) is 0 Å². The van der Waals surface area contributed by atoms with Crippen molar-refractivity contribution >= 4 is 40.2 Å². The molecular weight excluding hydrogens is 354 g/mol. The Morgan fingerprint density at radius 1 is 1.69 bits per heavy atom. The van der Waals surface area contributed by atoms with E-state index in [2.05, 4.69) is 9.72 Å². The number of hydrogen-bond acceptors (Lipinski definition) is 3. The maximum atomic E-state index is 12.8. The highest BCUT2D eigenvalue weighted by Gasteiger charge is 2.24. The van der Waals surface area contributed by atoms with Crippen molar-refractivity contribution in [2.24, 2.45) is 0 Å². The molecule has 1 heterocycles. The molecule has 0 amide bonds. The zero-order valence-corrected chi connectivity index (χ0v) is 11.1. The summed E-state index contributed by atoms with van der Waals surface area (Å²) in [5, 5.41) is 0. The molecular formula is C9H7ClF2INO2. The van der Waals surface area contributed by atoms with Crippen LogP contribution in [-0.4, -0.2) is 18.1 Å². The van der Waals surface area contributed by atoms with Crippen molar-refractivity contribution in [3.63, 3.8) is 0 Å². The number of aromatic nitrogens is 1. The van der Waals surface area contributed by atoms with Gasteiger partial charge in [0.1, 0.15) is 3.70 Å². The lowest BCUT2D eigenvalue weighted by Crippen LogP contribution is -2.11. The molecule has 1 rings (SSSR count). The minimum atomic E-state index is -2.81. The van der Waals surface area contributed by atoms with E-state index in [0.717, 1.165) is 7.11 Å². The van der Waals surface area contributed by atoms with Gasteiger partial charge < -0.3 is 4.74 Å². The molecule has 0 aromatic carbocycles. The molecule has 3 nitrogen and oxygen atoms in total. The number of methoxy groups -OCH3 is 1. The summed E-state index contributed by atoms with van der Waals surface area (Å²) in [5.41, 5.74) is -0.640. The van der Waals surface area contributed by atoms with E-state index in [1.807, 2.05) is 22.6 Å². The van der Waals surface area contributed by atoms with Gasteiger partial charge in [0.15, 0.2) is 0 Å². The highest BCUT2D eigenvalue weighted by Crippen LogP contribution is 2.28. The first-order valence-corrected chi connectivity index (χ1v) is 5.74. The first kappa shape index (κ1) is 13.6. The Morgan fingerprint density at radius 2 is 2.31 bits per heavy atom. The summed E-state index contributed by atoms with van der Waals surface area (Å²) in [6.45, 7) is 0. The van der Waals surface area contributed by atoms with Gasteiger partial charge in [0, 0.05) is 0 Å². The smallest absolute Gasteiger partial charge is 0.338 e. The number of carbonyl (C=O) groups excluding carboxylic acids is 1. The van der Waals surface area contributed by atoms with Crippen molar-refractivity contribution in [2.45, 2.75) is 12.3 Å². The number of esters is 1. The van der Waals surface area contributed by atoms with Crippen LogP contribution >= 0.6 is 34.2 Å². The van der Waals surface area contributed by atoms with E-state index in [4.69, 9.17) is 11.6 Å². The maximum Gasteiger partial charge on any atom is 0.338 e. The lowest BCUT2D eigenvalue weighted by atomic mass is 10.1. The van der Waals surface area contributed by atoms with Crippen LogP contribution in [0.4, 0.5) is 8.78 Å². The molecule has 7 heteroatoms. The van der Waals surface area contributed by atoms with Crippen LogP contribution in [0.2, 0.25) is 0 Å². The van der Waals surface area contributed by atoms with E-state index < -0.39 is 18.0 Å². The summed E-state index contributed by atoms with van der Waals surface area (Å²) in [4.78, 5) is 15.2. The predicted molar refractivity (Wildman–Crippen MR) is 62.8 cm³/mol. The molecule has 0 aliphatic heterocycles. The number of nitrogens with zero attached hydrogens (tertiary/aromatic N) is 1. The molecule has 0 saturated carbocycles. The number of ether oxygens (including phenoxy) is 1. The molecule has 1 aromatic rings. The highest BCUT2D eigenvalue weighted by atomic mass is 127. The monoisotopic (exact) mass is 361 g/mol. The Balaban J connectivity index is 3.44. The van der Waals surface area contributed by atoms with Gasteiger partial charge in [-0.05, 0) is 28.7 Å². The van der Waals surface area contributed by atoms with Crippen LogP contribution < -0.4 is 0 Å². The summed E-state index contributed by atoms with van der Waals surface area (Å²) < 4.78 is 30.4. The van der Waals surface area contributed by atoms with Crippen molar-refractivity contribution in [2.75, 3.05) is 7.11 Å². The van der Waals surface area contributed by atoms with Crippen LogP contribution in [0.15, 0.2) is 6.07 Å². The van der Waals surface area contributed by atoms with Crippen LogP contribution in [0.1, 0.15) is 28.0 Å². The summed E-state index contributed by atoms with van der Waals surface area (Å²) >= 11 is 7.34. The van der Waals surface area contributed by atoms with Crippen LogP contribution in [0.5, 0.6) is 0 Å².